The molecule has 0 aliphatic rings. The number of benzene rings is 3. The second-order valence-corrected chi connectivity index (χ2v) is 8.21. The topological polar surface area (TPSA) is 62.1 Å². The van der Waals surface area contributed by atoms with E-state index in [0.717, 1.165) is 9.13 Å². The van der Waals surface area contributed by atoms with Gasteiger partial charge in [0.25, 0.3) is 5.91 Å². The number of anilines is 1. The number of carbonyl (C=O) groups excluding carboxylic acids is 1. The average molecular weight is 549 g/mol. The number of rotatable bonds is 6. The van der Waals surface area contributed by atoms with Crippen molar-refractivity contribution in [3.8, 4) is 11.8 Å². The molecule has 0 heterocycles. The highest BCUT2D eigenvalue weighted by Gasteiger charge is 2.11. The van der Waals surface area contributed by atoms with Gasteiger partial charge in [0.1, 0.15) is 24.0 Å². The lowest BCUT2D eigenvalue weighted by Crippen LogP contribution is -2.13. The van der Waals surface area contributed by atoms with Crippen LogP contribution in [-0.4, -0.2) is 5.91 Å². The summed E-state index contributed by atoms with van der Waals surface area (Å²) in [7, 11) is 0. The van der Waals surface area contributed by atoms with Crippen LogP contribution in [-0.2, 0) is 11.4 Å². The zero-order valence-electron chi connectivity index (χ0n) is 15.5. The van der Waals surface area contributed by atoms with Crippen molar-refractivity contribution in [3.63, 3.8) is 0 Å². The molecule has 3 aromatic carbocycles. The Labute approximate surface area is 198 Å². The van der Waals surface area contributed by atoms with Gasteiger partial charge in [-0.25, -0.2) is 0 Å². The molecule has 1 amide bonds. The molecule has 0 bridgehead atoms. The van der Waals surface area contributed by atoms with Crippen molar-refractivity contribution in [2.45, 2.75) is 6.61 Å². The second kappa shape index (κ2) is 10.5. The average Bonchev–Trinajstić information content (AvgIpc) is 2.72. The summed E-state index contributed by atoms with van der Waals surface area (Å²) in [6, 6.07) is 21.6. The molecule has 0 atom stereocenters. The van der Waals surface area contributed by atoms with Crippen LogP contribution in [0.1, 0.15) is 11.1 Å². The lowest BCUT2D eigenvalue weighted by Gasteiger charge is -2.10. The molecule has 0 unspecified atom stereocenters. The number of halogens is 3. The van der Waals surface area contributed by atoms with Gasteiger partial charge >= 0.3 is 0 Å². The normalized spacial score (nSPS) is 10.9. The molecule has 0 aliphatic carbocycles. The molecular formula is C23H15Cl2IN2O2. The molecule has 1 N–H and O–H groups in total. The van der Waals surface area contributed by atoms with Crippen LogP contribution >= 0.6 is 45.8 Å². The molecule has 0 aromatic heterocycles. The smallest absolute Gasteiger partial charge is 0.266 e. The molecule has 0 aliphatic heterocycles. The quantitative estimate of drug-likeness (QED) is 0.211. The molecule has 0 spiro atoms. The maximum absolute atomic E-state index is 12.4. The standard InChI is InChI=1S/C23H15Cl2IN2O2/c24-18-5-3-6-19(12-18)28-23(29)17(13-27)10-15-8-9-22(21(26)11-15)30-14-16-4-1-2-7-20(16)25/h1-12H,14H2,(H,28,29)/b17-10+. The summed E-state index contributed by atoms with van der Waals surface area (Å²) < 4.78 is 6.71. The Morgan fingerprint density at radius 3 is 2.60 bits per heavy atom. The summed E-state index contributed by atoms with van der Waals surface area (Å²) in [5.41, 5.74) is 2.10. The molecule has 7 heteroatoms. The first-order chi connectivity index (χ1) is 14.5. The first kappa shape index (κ1) is 22.2. The van der Waals surface area contributed by atoms with Crippen LogP contribution in [0.3, 0.4) is 0 Å². The minimum Gasteiger partial charge on any atom is -0.488 e. The zero-order chi connectivity index (χ0) is 21.5. The number of hydrogen-bond donors (Lipinski definition) is 1. The van der Waals surface area contributed by atoms with Crippen LogP contribution < -0.4 is 10.1 Å². The Balaban J connectivity index is 1.72. The van der Waals surface area contributed by atoms with E-state index in [1.165, 1.54) is 6.08 Å². The highest BCUT2D eigenvalue weighted by molar-refractivity contribution is 14.1. The fourth-order valence-corrected chi connectivity index (χ4v) is 3.65. The molecule has 3 aromatic rings. The van der Waals surface area contributed by atoms with Crippen LogP contribution in [0.2, 0.25) is 10.0 Å². The fraction of sp³-hybridized carbons (Fsp3) is 0.0435. The van der Waals surface area contributed by atoms with Crippen molar-refractivity contribution in [1.29, 1.82) is 5.26 Å². The van der Waals surface area contributed by atoms with Gasteiger partial charge in [0, 0.05) is 21.3 Å². The number of amides is 1. The molecule has 4 nitrogen and oxygen atoms in total. The third kappa shape index (κ3) is 5.99. The monoisotopic (exact) mass is 548 g/mol. The summed E-state index contributed by atoms with van der Waals surface area (Å²) in [5, 5.41) is 13.2. The van der Waals surface area contributed by atoms with Crippen molar-refractivity contribution >= 4 is 63.5 Å². The van der Waals surface area contributed by atoms with E-state index in [0.29, 0.717) is 33.7 Å². The largest absolute Gasteiger partial charge is 0.488 e. The lowest BCUT2D eigenvalue weighted by molar-refractivity contribution is -0.112. The summed E-state index contributed by atoms with van der Waals surface area (Å²) in [6.45, 7) is 0.344. The van der Waals surface area contributed by atoms with Gasteiger partial charge in [-0.1, -0.05) is 53.5 Å². The predicted octanol–water partition coefficient (Wildman–Crippen LogP) is 6.72. The number of nitrogens with one attached hydrogen (secondary N) is 1. The van der Waals surface area contributed by atoms with E-state index in [4.69, 9.17) is 27.9 Å². The highest BCUT2D eigenvalue weighted by atomic mass is 127. The van der Waals surface area contributed by atoms with Crippen molar-refractivity contribution in [3.05, 3.63) is 97.0 Å². The van der Waals surface area contributed by atoms with Gasteiger partial charge in [0.2, 0.25) is 0 Å². The lowest BCUT2D eigenvalue weighted by atomic mass is 10.1. The molecule has 3 rings (SSSR count). The van der Waals surface area contributed by atoms with Gasteiger partial charge < -0.3 is 10.1 Å². The number of carbonyl (C=O) groups is 1. The number of ether oxygens (including phenoxy) is 1. The number of nitrogens with zero attached hydrogens (tertiary/aromatic N) is 1. The van der Waals surface area contributed by atoms with E-state index >= 15 is 0 Å². The Morgan fingerprint density at radius 2 is 1.90 bits per heavy atom. The van der Waals surface area contributed by atoms with E-state index in [9.17, 15) is 10.1 Å². The first-order valence-corrected chi connectivity index (χ1v) is 10.6. The molecular weight excluding hydrogens is 534 g/mol. The van der Waals surface area contributed by atoms with Crippen molar-refractivity contribution in [2.24, 2.45) is 0 Å². The maximum Gasteiger partial charge on any atom is 0.266 e. The summed E-state index contributed by atoms with van der Waals surface area (Å²) in [4.78, 5) is 12.4. The van der Waals surface area contributed by atoms with E-state index in [1.54, 1.807) is 36.4 Å². The van der Waals surface area contributed by atoms with Crippen LogP contribution in [0, 0.1) is 14.9 Å². The Bertz CT molecular complexity index is 1160. The van der Waals surface area contributed by atoms with E-state index < -0.39 is 5.91 Å². The summed E-state index contributed by atoms with van der Waals surface area (Å²) in [6.07, 6.45) is 1.53. The van der Waals surface area contributed by atoms with Gasteiger partial charge in [-0.3, -0.25) is 4.79 Å². The SMILES string of the molecule is N#C/C(=C\c1ccc(OCc2ccccc2Cl)c(I)c1)C(=O)Nc1cccc(Cl)c1. The third-order valence-electron chi connectivity index (χ3n) is 4.06. The first-order valence-electron chi connectivity index (χ1n) is 8.81. The minimum atomic E-state index is -0.506. The maximum atomic E-state index is 12.4. The summed E-state index contributed by atoms with van der Waals surface area (Å²) >= 11 is 14.2. The van der Waals surface area contributed by atoms with Gasteiger partial charge in [-0.2, -0.15) is 5.26 Å². The van der Waals surface area contributed by atoms with Crippen molar-refractivity contribution in [1.82, 2.24) is 0 Å². The van der Waals surface area contributed by atoms with Crippen LogP contribution in [0.5, 0.6) is 5.75 Å². The molecule has 0 fully saturated rings. The van der Waals surface area contributed by atoms with Crippen molar-refractivity contribution < 1.29 is 9.53 Å². The fourth-order valence-electron chi connectivity index (χ4n) is 2.57. The third-order valence-corrected chi connectivity index (χ3v) is 5.50. The van der Waals surface area contributed by atoms with Gasteiger partial charge in [-0.15, -0.1) is 0 Å². The van der Waals surface area contributed by atoms with Gasteiger partial charge in [0.15, 0.2) is 0 Å². The molecule has 150 valence electrons. The van der Waals surface area contributed by atoms with E-state index in [-0.39, 0.29) is 5.57 Å². The zero-order valence-corrected chi connectivity index (χ0v) is 19.2. The number of hydrogen-bond acceptors (Lipinski definition) is 3. The Hall–Kier alpha value is -2.53. The van der Waals surface area contributed by atoms with Gasteiger partial charge in [0.05, 0.1) is 3.57 Å². The molecule has 0 radical (unpaired) electrons. The minimum absolute atomic E-state index is 0.0180. The Kier molecular flexibility index (Phi) is 7.75. The number of nitriles is 1. The van der Waals surface area contributed by atoms with Crippen molar-refractivity contribution in [2.75, 3.05) is 5.32 Å². The van der Waals surface area contributed by atoms with E-state index in [1.807, 2.05) is 36.4 Å². The Morgan fingerprint density at radius 1 is 1.10 bits per heavy atom. The van der Waals surface area contributed by atoms with Crippen LogP contribution in [0.15, 0.2) is 72.3 Å². The van der Waals surface area contributed by atoms with Gasteiger partial charge in [-0.05, 0) is 70.6 Å². The highest BCUT2D eigenvalue weighted by Crippen LogP contribution is 2.26. The van der Waals surface area contributed by atoms with Crippen LogP contribution in [0.25, 0.3) is 6.08 Å². The van der Waals surface area contributed by atoms with Crippen LogP contribution in [0.4, 0.5) is 5.69 Å². The predicted molar refractivity (Wildman–Crippen MR) is 129 cm³/mol. The molecule has 0 saturated heterocycles. The summed E-state index contributed by atoms with van der Waals surface area (Å²) in [5.74, 6) is 0.184. The molecule has 30 heavy (non-hydrogen) atoms. The second-order valence-electron chi connectivity index (χ2n) is 6.20. The molecule has 0 saturated carbocycles. The van der Waals surface area contributed by atoms with E-state index in [2.05, 4.69) is 27.9 Å².